The predicted octanol–water partition coefficient (Wildman–Crippen LogP) is 1.17. The molecule has 0 heterocycles. The summed E-state index contributed by atoms with van der Waals surface area (Å²) in [5.41, 5.74) is 0.705. The molecule has 0 rings (SSSR count). The van der Waals surface area contributed by atoms with Crippen LogP contribution in [0.2, 0.25) is 0 Å². The monoisotopic (exact) mass is 211 g/mol. The Bertz CT molecular complexity index is 97.1. The minimum atomic E-state index is 0. The van der Waals surface area contributed by atoms with E-state index in [9.17, 15) is 0 Å². The van der Waals surface area contributed by atoms with E-state index in [1.54, 1.807) is 0 Å². The van der Waals surface area contributed by atoms with Gasteiger partial charge in [-0.3, -0.25) is 0 Å². The standard InChI is InChI=1S/C10H22N.K.H2N/c1-9(2,3)7-11-8-10(4,5)6;;/h7-8H2,1-6H3;;1H2/q-1;+1;-1. The summed E-state index contributed by atoms with van der Waals surface area (Å²) in [4.78, 5) is 0. The minimum absolute atomic E-state index is 0. The van der Waals surface area contributed by atoms with E-state index in [-0.39, 0.29) is 57.5 Å². The van der Waals surface area contributed by atoms with Gasteiger partial charge in [-0.2, -0.15) is 0 Å². The predicted molar refractivity (Wildman–Crippen MR) is 57.3 cm³/mol. The molecule has 0 aliphatic rings. The van der Waals surface area contributed by atoms with Gasteiger partial charge in [0.2, 0.25) is 0 Å². The van der Waals surface area contributed by atoms with Crippen LogP contribution in [-0.4, -0.2) is 13.1 Å². The van der Waals surface area contributed by atoms with Crippen molar-refractivity contribution in [2.24, 2.45) is 10.8 Å². The average Bonchev–Trinajstić information content (AvgIpc) is 1.55. The number of nitrogens with two attached hydrogens (primary N) is 1. The van der Waals surface area contributed by atoms with Crippen molar-refractivity contribution >= 4 is 0 Å². The van der Waals surface area contributed by atoms with Crippen molar-refractivity contribution in [3.8, 4) is 0 Å². The molecular weight excluding hydrogens is 187 g/mol. The molecule has 76 valence electrons. The zero-order valence-corrected chi connectivity index (χ0v) is 13.6. The largest absolute Gasteiger partial charge is 1.00 e. The molecule has 0 aromatic heterocycles. The topological polar surface area (TPSA) is 47.6 Å². The van der Waals surface area contributed by atoms with E-state index in [1.807, 2.05) is 0 Å². The van der Waals surface area contributed by atoms with Crippen molar-refractivity contribution in [1.82, 2.24) is 0 Å². The van der Waals surface area contributed by atoms with Crippen LogP contribution >= 0.6 is 0 Å². The van der Waals surface area contributed by atoms with Crippen molar-refractivity contribution in [2.45, 2.75) is 41.5 Å². The van der Waals surface area contributed by atoms with E-state index in [2.05, 4.69) is 46.9 Å². The summed E-state index contributed by atoms with van der Waals surface area (Å²) in [6, 6.07) is 0. The summed E-state index contributed by atoms with van der Waals surface area (Å²) < 4.78 is 0. The van der Waals surface area contributed by atoms with Crippen LogP contribution in [0.5, 0.6) is 0 Å². The van der Waals surface area contributed by atoms with Gasteiger partial charge in [-0.25, -0.2) is 0 Å². The molecule has 0 aromatic rings. The van der Waals surface area contributed by atoms with E-state index in [0.717, 1.165) is 13.1 Å². The quantitative estimate of drug-likeness (QED) is 0.616. The maximum atomic E-state index is 4.51. The molecule has 0 aliphatic heterocycles. The van der Waals surface area contributed by atoms with E-state index >= 15 is 0 Å². The molecule has 0 radical (unpaired) electrons. The third-order valence-corrected chi connectivity index (χ3v) is 1.17. The van der Waals surface area contributed by atoms with Gasteiger partial charge in [0, 0.05) is 0 Å². The van der Waals surface area contributed by atoms with Crippen molar-refractivity contribution in [2.75, 3.05) is 13.1 Å². The van der Waals surface area contributed by atoms with E-state index < -0.39 is 0 Å². The first-order chi connectivity index (χ1) is 4.71. The molecule has 0 atom stereocenters. The molecule has 0 aliphatic carbocycles. The zero-order chi connectivity index (χ0) is 9.12. The third kappa shape index (κ3) is 19.8. The zero-order valence-electron chi connectivity index (χ0n) is 10.4. The Balaban J connectivity index is -0.000000500. The smallest absolute Gasteiger partial charge is 0.693 e. The van der Waals surface area contributed by atoms with Crippen LogP contribution in [0, 0.1) is 10.8 Å². The van der Waals surface area contributed by atoms with Gasteiger partial charge in [0.1, 0.15) is 0 Å². The van der Waals surface area contributed by atoms with Crippen LogP contribution in [-0.2, 0) is 0 Å². The summed E-state index contributed by atoms with van der Waals surface area (Å²) in [6.45, 7) is 15.3. The molecule has 0 fully saturated rings. The van der Waals surface area contributed by atoms with Gasteiger partial charge in [-0.1, -0.05) is 52.4 Å². The fourth-order valence-electron chi connectivity index (χ4n) is 0.727. The van der Waals surface area contributed by atoms with Crippen LogP contribution in [0.1, 0.15) is 41.5 Å². The molecule has 0 spiro atoms. The first-order valence-corrected chi connectivity index (χ1v) is 4.34. The van der Waals surface area contributed by atoms with Crippen molar-refractivity contribution in [1.29, 1.82) is 0 Å². The normalized spacial score (nSPS) is 11.5. The van der Waals surface area contributed by atoms with Gasteiger partial charge in [-0.05, 0) is 0 Å². The van der Waals surface area contributed by atoms with E-state index in [0.29, 0.717) is 10.8 Å². The number of hydrogen-bond donors (Lipinski definition) is 0. The molecule has 3 heteroatoms. The number of hydrogen-bond acceptors (Lipinski definition) is 0. The summed E-state index contributed by atoms with van der Waals surface area (Å²) >= 11 is 0. The Morgan fingerprint density at radius 3 is 1.15 bits per heavy atom. The number of nitrogens with zero attached hydrogens (tertiary/aromatic N) is 1. The van der Waals surface area contributed by atoms with Gasteiger partial charge in [-0.15, -0.1) is 13.1 Å². The van der Waals surface area contributed by atoms with Crippen molar-refractivity contribution in [3.05, 3.63) is 11.5 Å². The molecular formula is C10H24KN2-. The Morgan fingerprint density at radius 2 is 1.00 bits per heavy atom. The van der Waals surface area contributed by atoms with Crippen molar-refractivity contribution < 1.29 is 51.4 Å². The fraction of sp³-hybridized carbons (Fsp3) is 1.00. The first-order valence-electron chi connectivity index (χ1n) is 4.34. The van der Waals surface area contributed by atoms with E-state index in [4.69, 9.17) is 0 Å². The summed E-state index contributed by atoms with van der Waals surface area (Å²) in [5, 5.41) is 4.51. The minimum Gasteiger partial charge on any atom is -0.693 e. The molecule has 0 saturated heterocycles. The molecule has 2 nitrogen and oxygen atoms in total. The third-order valence-electron chi connectivity index (χ3n) is 1.17. The Hall–Kier alpha value is 1.56. The number of rotatable bonds is 2. The van der Waals surface area contributed by atoms with Gasteiger partial charge in [0.25, 0.3) is 0 Å². The van der Waals surface area contributed by atoms with Gasteiger partial charge in [0.05, 0.1) is 0 Å². The van der Waals surface area contributed by atoms with Crippen LogP contribution in [0.3, 0.4) is 0 Å². The molecule has 2 N–H and O–H groups in total. The molecule has 13 heavy (non-hydrogen) atoms. The Morgan fingerprint density at radius 1 is 0.769 bits per heavy atom. The molecule has 0 saturated carbocycles. The average molecular weight is 211 g/mol. The first kappa shape index (κ1) is 20.0. The van der Waals surface area contributed by atoms with Gasteiger partial charge >= 0.3 is 51.4 Å². The Kier molecular flexibility index (Phi) is 12.0. The maximum Gasteiger partial charge on any atom is 1.00 e. The second kappa shape index (κ2) is 7.80. The second-order valence-corrected chi connectivity index (χ2v) is 5.66. The molecule has 0 aromatic carbocycles. The van der Waals surface area contributed by atoms with Crippen molar-refractivity contribution in [3.63, 3.8) is 0 Å². The van der Waals surface area contributed by atoms with Crippen LogP contribution in [0.15, 0.2) is 0 Å². The van der Waals surface area contributed by atoms with Gasteiger partial charge < -0.3 is 11.5 Å². The van der Waals surface area contributed by atoms with Crippen LogP contribution in [0.4, 0.5) is 0 Å². The molecule has 0 bridgehead atoms. The van der Waals surface area contributed by atoms with Gasteiger partial charge in [0.15, 0.2) is 0 Å². The molecule has 0 amide bonds. The van der Waals surface area contributed by atoms with E-state index in [1.165, 1.54) is 0 Å². The fourth-order valence-corrected chi connectivity index (χ4v) is 0.727. The molecule has 0 unspecified atom stereocenters. The maximum absolute atomic E-state index is 4.51. The SMILES string of the molecule is CC(C)(C)C[N-]CC(C)(C)C.[K+].[NH2-]. The summed E-state index contributed by atoms with van der Waals surface area (Å²) in [6.07, 6.45) is 0. The van der Waals surface area contributed by atoms with Crippen LogP contribution < -0.4 is 51.4 Å². The summed E-state index contributed by atoms with van der Waals surface area (Å²) in [5.74, 6) is 0. The Labute approximate surface area is 127 Å². The second-order valence-electron chi connectivity index (χ2n) is 5.66. The summed E-state index contributed by atoms with van der Waals surface area (Å²) in [7, 11) is 0. The van der Waals surface area contributed by atoms with Crippen LogP contribution in [0.25, 0.3) is 11.5 Å².